The minimum atomic E-state index is -1.05. The first-order valence-electron chi connectivity index (χ1n) is 11.4. The summed E-state index contributed by atoms with van der Waals surface area (Å²) in [6.07, 6.45) is 0.101. The molecule has 0 bridgehead atoms. The summed E-state index contributed by atoms with van der Waals surface area (Å²) < 4.78 is 5.61. The number of carbonyl (C=O) groups is 3. The largest absolute Gasteiger partial charge is 0.480 e. The summed E-state index contributed by atoms with van der Waals surface area (Å²) in [7, 11) is 0. The Morgan fingerprint density at radius 1 is 1.03 bits per heavy atom. The van der Waals surface area contributed by atoms with Crippen LogP contribution in [-0.2, 0) is 14.3 Å². The first-order valence-corrected chi connectivity index (χ1v) is 11.4. The van der Waals surface area contributed by atoms with Gasteiger partial charge in [-0.15, -0.1) is 0 Å². The minimum absolute atomic E-state index is 0.0230. The number of alkyl carbamates (subject to hydrolysis) is 1. The fourth-order valence-corrected chi connectivity index (χ4v) is 4.29. The third-order valence-corrected chi connectivity index (χ3v) is 6.02. The quantitative estimate of drug-likeness (QED) is 0.561. The van der Waals surface area contributed by atoms with E-state index in [1.165, 1.54) is 4.90 Å². The van der Waals surface area contributed by atoms with Gasteiger partial charge in [0.1, 0.15) is 13.2 Å². The molecule has 1 aliphatic rings. The lowest BCUT2D eigenvalue weighted by atomic mass is 9.98. The first kappa shape index (κ1) is 24.3. The zero-order valence-electron chi connectivity index (χ0n) is 19.4. The Bertz CT molecular complexity index is 958. The van der Waals surface area contributed by atoms with Crippen LogP contribution in [0.25, 0.3) is 11.1 Å². The number of nitrogens with zero attached hydrogens (tertiary/aromatic N) is 1. The van der Waals surface area contributed by atoms with Gasteiger partial charge in [0.25, 0.3) is 0 Å². The standard InChI is InChI=1S/C26H32N2O5/c1-4-13-28(15-25(30)31)24(29)14-23(17(2)3)27-26(32)33-16-22-20-11-7-5-9-18(20)19-10-6-8-12-21(19)22/h5-12,17,22-23H,4,13-16H2,1-3H3,(H,27,32)(H,30,31)/t23-/m0/s1. The van der Waals surface area contributed by atoms with Crippen molar-refractivity contribution in [3.05, 3.63) is 59.7 Å². The number of hydrogen-bond donors (Lipinski definition) is 2. The van der Waals surface area contributed by atoms with Gasteiger partial charge in [-0.3, -0.25) is 9.59 Å². The molecule has 176 valence electrons. The summed E-state index contributed by atoms with van der Waals surface area (Å²) in [5.41, 5.74) is 4.57. The molecular weight excluding hydrogens is 420 g/mol. The summed E-state index contributed by atoms with van der Waals surface area (Å²) in [6, 6.07) is 15.8. The molecule has 0 aliphatic heterocycles. The van der Waals surface area contributed by atoms with Crippen LogP contribution in [0.4, 0.5) is 4.79 Å². The van der Waals surface area contributed by atoms with Crippen LogP contribution >= 0.6 is 0 Å². The molecule has 0 saturated carbocycles. The molecule has 2 amide bonds. The number of carbonyl (C=O) groups excluding carboxylic acids is 2. The van der Waals surface area contributed by atoms with Crippen molar-refractivity contribution < 1.29 is 24.2 Å². The Labute approximate surface area is 194 Å². The van der Waals surface area contributed by atoms with Gasteiger partial charge >= 0.3 is 12.1 Å². The molecule has 7 heteroatoms. The van der Waals surface area contributed by atoms with Crippen LogP contribution in [0, 0.1) is 5.92 Å². The SMILES string of the molecule is CCCN(CC(=O)O)C(=O)C[C@H](NC(=O)OCC1c2ccccc2-c2ccccc21)C(C)C. The van der Waals surface area contributed by atoms with Crippen LogP contribution in [0.1, 0.15) is 50.7 Å². The summed E-state index contributed by atoms with van der Waals surface area (Å²) in [4.78, 5) is 37.7. The van der Waals surface area contributed by atoms with Crippen molar-refractivity contribution in [2.75, 3.05) is 19.7 Å². The Hall–Kier alpha value is -3.35. The van der Waals surface area contributed by atoms with E-state index in [0.717, 1.165) is 22.3 Å². The number of aliphatic carboxylic acids is 1. The normalized spacial score (nSPS) is 13.2. The third-order valence-electron chi connectivity index (χ3n) is 6.02. The molecule has 0 radical (unpaired) electrons. The van der Waals surface area contributed by atoms with E-state index in [1.807, 2.05) is 45.0 Å². The summed E-state index contributed by atoms with van der Waals surface area (Å²) in [5.74, 6) is -1.42. The average Bonchev–Trinajstić information content (AvgIpc) is 3.10. The van der Waals surface area contributed by atoms with Gasteiger partial charge in [-0.25, -0.2) is 4.79 Å². The Balaban J connectivity index is 1.63. The second kappa shape index (κ2) is 11.0. The van der Waals surface area contributed by atoms with Gasteiger partial charge in [0.2, 0.25) is 5.91 Å². The molecule has 2 aromatic carbocycles. The zero-order valence-corrected chi connectivity index (χ0v) is 19.4. The number of ether oxygens (including phenoxy) is 1. The van der Waals surface area contributed by atoms with E-state index in [2.05, 4.69) is 29.6 Å². The van der Waals surface area contributed by atoms with Crippen molar-refractivity contribution in [3.63, 3.8) is 0 Å². The minimum Gasteiger partial charge on any atom is -0.480 e. The molecule has 2 N–H and O–H groups in total. The lowest BCUT2D eigenvalue weighted by Crippen LogP contribution is -2.45. The second-order valence-electron chi connectivity index (χ2n) is 8.73. The molecule has 0 saturated heterocycles. The van der Waals surface area contributed by atoms with Gasteiger partial charge in [0.15, 0.2) is 0 Å². The van der Waals surface area contributed by atoms with Crippen LogP contribution in [0.2, 0.25) is 0 Å². The van der Waals surface area contributed by atoms with Crippen LogP contribution in [0.5, 0.6) is 0 Å². The fourth-order valence-electron chi connectivity index (χ4n) is 4.29. The van der Waals surface area contributed by atoms with E-state index in [0.29, 0.717) is 13.0 Å². The van der Waals surface area contributed by atoms with Gasteiger partial charge in [0.05, 0.1) is 0 Å². The van der Waals surface area contributed by atoms with E-state index < -0.39 is 18.1 Å². The molecule has 0 aromatic heterocycles. The number of nitrogens with one attached hydrogen (secondary N) is 1. The maximum absolute atomic E-state index is 12.7. The molecule has 0 fully saturated rings. The van der Waals surface area contributed by atoms with E-state index in [-0.39, 0.29) is 37.3 Å². The Kier molecular flexibility index (Phi) is 8.09. The molecule has 7 nitrogen and oxygen atoms in total. The molecule has 2 aromatic rings. The highest BCUT2D eigenvalue weighted by atomic mass is 16.5. The van der Waals surface area contributed by atoms with E-state index in [1.54, 1.807) is 0 Å². The maximum atomic E-state index is 12.7. The van der Waals surface area contributed by atoms with Crippen LogP contribution in [-0.4, -0.2) is 53.7 Å². The fraction of sp³-hybridized carbons (Fsp3) is 0.423. The van der Waals surface area contributed by atoms with Gasteiger partial charge in [0, 0.05) is 24.9 Å². The Morgan fingerprint density at radius 2 is 1.61 bits per heavy atom. The number of benzene rings is 2. The number of rotatable bonds is 10. The molecular formula is C26H32N2O5. The summed E-state index contributed by atoms with van der Waals surface area (Å²) in [5, 5.41) is 11.9. The van der Waals surface area contributed by atoms with Gasteiger partial charge in [-0.1, -0.05) is 69.3 Å². The van der Waals surface area contributed by atoms with Crippen molar-refractivity contribution in [2.24, 2.45) is 5.92 Å². The average molecular weight is 453 g/mol. The Morgan fingerprint density at radius 3 is 2.12 bits per heavy atom. The maximum Gasteiger partial charge on any atom is 0.407 e. The lowest BCUT2D eigenvalue weighted by molar-refractivity contribution is -0.144. The highest BCUT2D eigenvalue weighted by Crippen LogP contribution is 2.44. The summed E-state index contributed by atoms with van der Waals surface area (Å²) in [6.45, 7) is 5.91. The molecule has 0 spiro atoms. The molecule has 1 atom stereocenters. The number of carboxylic acid groups (broad SMARTS) is 1. The van der Waals surface area contributed by atoms with E-state index in [4.69, 9.17) is 9.84 Å². The zero-order chi connectivity index (χ0) is 24.0. The monoisotopic (exact) mass is 452 g/mol. The smallest absolute Gasteiger partial charge is 0.407 e. The van der Waals surface area contributed by atoms with E-state index in [9.17, 15) is 14.4 Å². The molecule has 1 aliphatic carbocycles. The van der Waals surface area contributed by atoms with Crippen molar-refractivity contribution in [2.45, 2.75) is 45.6 Å². The summed E-state index contributed by atoms with van der Waals surface area (Å²) >= 11 is 0. The number of amides is 2. The van der Waals surface area contributed by atoms with Gasteiger partial charge in [-0.2, -0.15) is 0 Å². The predicted molar refractivity (Wildman–Crippen MR) is 126 cm³/mol. The highest BCUT2D eigenvalue weighted by Gasteiger charge is 2.30. The molecule has 33 heavy (non-hydrogen) atoms. The first-order chi connectivity index (χ1) is 15.8. The molecule has 0 unspecified atom stereocenters. The van der Waals surface area contributed by atoms with Crippen LogP contribution in [0.3, 0.4) is 0 Å². The van der Waals surface area contributed by atoms with Crippen LogP contribution in [0.15, 0.2) is 48.5 Å². The van der Waals surface area contributed by atoms with E-state index >= 15 is 0 Å². The van der Waals surface area contributed by atoms with Crippen molar-refractivity contribution in [1.82, 2.24) is 10.2 Å². The molecule has 3 rings (SSSR count). The molecule has 0 heterocycles. The van der Waals surface area contributed by atoms with Crippen molar-refractivity contribution in [1.29, 1.82) is 0 Å². The van der Waals surface area contributed by atoms with Gasteiger partial charge < -0.3 is 20.1 Å². The predicted octanol–water partition coefficient (Wildman–Crippen LogP) is 4.26. The topological polar surface area (TPSA) is 95.9 Å². The number of fused-ring (bicyclic) bond motifs is 3. The van der Waals surface area contributed by atoms with Crippen LogP contribution < -0.4 is 5.32 Å². The van der Waals surface area contributed by atoms with Crippen molar-refractivity contribution >= 4 is 18.0 Å². The van der Waals surface area contributed by atoms with Gasteiger partial charge in [-0.05, 0) is 34.6 Å². The second-order valence-corrected chi connectivity index (χ2v) is 8.73. The third kappa shape index (κ3) is 5.92. The van der Waals surface area contributed by atoms with Crippen molar-refractivity contribution in [3.8, 4) is 11.1 Å². The lowest BCUT2D eigenvalue weighted by Gasteiger charge is -2.26. The highest BCUT2D eigenvalue weighted by molar-refractivity contribution is 5.82. The number of hydrogen-bond acceptors (Lipinski definition) is 4. The number of carboxylic acids is 1.